The van der Waals surface area contributed by atoms with E-state index in [-0.39, 0.29) is 11.9 Å². The fourth-order valence-corrected chi connectivity index (χ4v) is 3.15. The number of nitrogens with two attached hydrogens (primary N) is 1. The fraction of sp³-hybridized carbons (Fsp3) is 0.625. The number of anilines is 1. The summed E-state index contributed by atoms with van der Waals surface area (Å²) in [4.78, 5) is 21.0. The molecule has 0 saturated carbocycles. The number of hydrogen-bond acceptors (Lipinski definition) is 4. The molecule has 5 nitrogen and oxygen atoms in total. The molecule has 0 aromatic carbocycles. The Hall–Kier alpha value is -1.62. The standard InChI is InChI=1S/C16H24N4O/c17-14-7-10-20(12-14)16(21)13-5-6-15(18-11-13)19-8-3-1-2-4-9-19/h5-6,11,14H,1-4,7-10,12,17H2/t14-/m1/s1. The Morgan fingerprint density at radius 1 is 1.14 bits per heavy atom. The fourth-order valence-electron chi connectivity index (χ4n) is 3.15. The van der Waals surface area contributed by atoms with Crippen LogP contribution >= 0.6 is 0 Å². The third-order valence-electron chi connectivity index (χ3n) is 4.44. The Morgan fingerprint density at radius 2 is 1.90 bits per heavy atom. The van der Waals surface area contributed by atoms with Gasteiger partial charge in [-0.05, 0) is 31.4 Å². The molecule has 3 heterocycles. The second-order valence-electron chi connectivity index (χ2n) is 6.11. The number of hydrogen-bond donors (Lipinski definition) is 1. The van der Waals surface area contributed by atoms with Crippen molar-refractivity contribution in [3.8, 4) is 0 Å². The Kier molecular flexibility index (Phi) is 4.39. The van der Waals surface area contributed by atoms with Crippen molar-refractivity contribution in [3.05, 3.63) is 23.9 Å². The third-order valence-corrected chi connectivity index (χ3v) is 4.44. The van der Waals surface area contributed by atoms with Crippen molar-refractivity contribution in [2.45, 2.75) is 38.1 Å². The Labute approximate surface area is 126 Å². The van der Waals surface area contributed by atoms with Crippen molar-refractivity contribution >= 4 is 11.7 Å². The van der Waals surface area contributed by atoms with Gasteiger partial charge in [-0.3, -0.25) is 4.79 Å². The lowest BCUT2D eigenvalue weighted by atomic mass is 10.2. The van der Waals surface area contributed by atoms with Crippen LogP contribution in [0.15, 0.2) is 18.3 Å². The van der Waals surface area contributed by atoms with Gasteiger partial charge in [-0.15, -0.1) is 0 Å². The van der Waals surface area contributed by atoms with E-state index in [4.69, 9.17) is 5.73 Å². The van der Waals surface area contributed by atoms with E-state index in [9.17, 15) is 4.79 Å². The molecule has 5 heteroatoms. The van der Waals surface area contributed by atoms with Gasteiger partial charge in [0.15, 0.2) is 0 Å². The second kappa shape index (κ2) is 6.43. The average molecular weight is 288 g/mol. The van der Waals surface area contributed by atoms with E-state index in [1.54, 1.807) is 6.20 Å². The zero-order valence-corrected chi connectivity index (χ0v) is 12.5. The summed E-state index contributed by atoms with van der Waals surface area (Å²) in [5.41, 5.74) is 6.53. The van der Waals surface area contributed by atoms with E-state index in [1.807, 2.05) is 17.0 Å². The van der Waals surface area contributed by atoms with E-state index in [0.29, 0.717) is 12.1 Å². The maximum Gasteiger partial charge on any atom is 0.255 e. The molecule has 0 aliphatic carbocycles. The molecule has 2 saturated heterocycles. The highest BCUT2D eigenvalue weighted by Crippen LogP contribution is 2.18. The SMILES string of the molecule is N[C@@H]1CCN(C(=O)c2ccc(N3CCCCCC3)nc2)C1. The predicted molar refractivity (Wildman–Crippen MR) is 83.4 cm³/mol. The zero-order valence-electron chi connectivity index (χ0n) is 12.5. The molecule has 2 aliphatic rings. The maximum atomic E-state index is 12.4. The van der Waals surface area contributed by atoms with E-state index in [0.717, 1.165) is 31.9 Å². The second-order valence-corrected chi connectivity index (χ2v) is 6.11. The molecule has 2 fully saturated rings. The van der Waals surface area contributed by atoms with Gasteiger partial charge in [-0.2, -0.15) is 0 Å². The third kappa shape index (κ3) is 3.35. The number of amides is 1. The molecule has 1 aromatic rings. The number of pyridine rings is 1. The predicted octanol–water partition coefficient (Wildman–Crippen LogP) is 1.64. The minimum absolute atomic E-state index is 0.0536. The number of carbonyl (C=O) groups excluding carboxylic acids is 1. The summed E-state index contributed by atoms with van der Waals surface area (Å²) in [5, 5.41) is 0. The first-order chi connectivity index (χ1) is 10.2. The molecule has 3 rings (SSSR count). The first-order valence-electron chi connectivity index (χ1n) is 8.00. The van der Waals surface area contributed by atoms with Crippen LogP contribution in [0.2, 0.25) is 0 Å². The van der Waals surface area contributed by atoms with Gasteiger partial charge in [-0.1, -0.05) is 12.8 Å². The van der Waals surface area contributed by atoms with Crippen LogP contribution in [-0.4, -0.2) is 48.0 Å². The summed E-state index contributed by atoms with van der Waals surface area (Å²) in [7, 11) is 0. The number of rotatable bonds is 2. The highest BCUT2D eigenvalue weighted by atomic mass is 16.2. The van der Waals surface area contributed by atoms with Crippen LogP contribution in [0.25, 0.3) is 0 Å². The molecule has 2 N–H and O–H groups in total. The minimum atomic E-state index is 0.0536. The van der Waals surface area contributed by atoms with Gasteiger partial charge < -0.3 is 15.5 Å². The van der Waals surface area contributed by atoms with Crippen LogP contribution in [0.4, 0.5) is 5.82 Å². The molecule has 1 amide bonds. The number of carbonyl (C=O) groups is 1. The number of likely N-dealkylation sites (tertiary alicyclic amines) is 1. The zero-order chi connectivity index (χ0) is 14.7. The van der Waals surface area contributed by atoms with Crippen LogP contribution in [-0.2, 0) is 0 Å². The first-order valence-corrected chi connectivity index (χ1v) is 8.00. The highest BCUT2D eigenvalue weighted by Gasteiger charge is 2.24. The summed E-state index contributed by atoms with van der Waals surface area (Å²) in [6.45, 7) is 3.56. The quantitative estimate of drug-likeness (QED) is 0.898. The van der Waals surface area contributed by atoms with E-state index in [1.165, 1.54) is 25.7 Å². The maximum absolute atomic E-state index is 12.4. The lowest BCUT2D eigenvalue weighted by Gasteiger charge is -2.22. The topological polar surface area (TPSA) is 62.5 Å². The van der Waals surface area contributed by atoms with Crippen molar-refractivity contribution in [1.29, 1.82) is 0 Å². The monoisotopic (exact) mass is 288 g/mol. The van der Waals surface area contributed by atoms with Crippen molar-refractivity contribution in [2.75, 3.05) is 31.1 Å². The smallest absolute Gasteiger partial charge is 0.255 e. The van der Waals surface area contributed by atoms with Crippen molar-refractivity contribution in [1.82, 2.24) is 9.88 Å². The molecule has 2 aliphatic heterocycles. The molecular weight excluding hydrogens is 264 g/mol. The Balaban J connectivity index is 1.67. The first kappa shape index (κ1) is 14.3. The van der Waals surface area contributed by atoms with Gasteiger partial charge in [-0.25, -0.2) is 4.98 Å². The van der Waals surface area contributed by atoms with Gasteiger partial charge in [0, 0.05) is 38.4 Å². The van der Waals surface area contributed by atoms with Gasteiger partial charge in [0.2, 0.25) is 0 Å². The van der Waals surface area contributed by atoms with Crippen LogP contribution in [0, 0.1) is 0 Å². The normalized spacial score (nSPS) is 23.2. The molecule has 0 unspecified atom stereocenters. The molecule has 1 atom stereocenters. The van der Waals surface area contributed by atoms with Crippen molar-refractivity contribution < 1.29 is 4.79 Å². The van der Waals surface area contributed by atoms with E-state index < -0.39 is 0 Å². The van der Waals surface area contributed by atoms with E-state index in [2.05, 4.69) is 9.88 Å². The Morgan fingerprint density at radius 3 is 2.48 bits per heavy atom. The molecule has 0 radical (unpaired) electrons. The lowest BCUT2D eigenvalue weighted by Crippen LogP contribution is -2.32. The highest BCUT2D eigenvalue weighted by molar-refractivity contribution is 5.94. The van der Waals surface area contributed by atoms with Gasteiger partial charge in [0.1, 0.15) is 5.82 Å². The minimum Gasteiger partial charge on any atom is -0.357 e. The van der Waals surface area contributed by atoms with Crippen LogP contribution in [0.1, 0.15) is 42.5 Å². The van der Waals surface area contributed by atoms with Crippen molar-refractivity contribution in [2.24, 2.45) is 5.73 Å². The van der Waals surface area contributed by atoms with Gasteiger partial charge >= 0.3 is 0 Å². The summed E-state index contributed by atoms with van der Waals surface area (Å²) in [5.74, 6) is 1.05. The van der Waals surface area contributed by atoms with Gasteiger partial charge in [0.05, 0.1) is 5.56 Å². The average Bonchev–Trinajstić information content (AvgIpc) is 2.77. The van der Waals surface area contributed by atoms with Crippen LogP contribution in [0.5, 0.6) is 0 Å². The molecule has 1 aromatic heterocycles. The summed E-state index contributed by atoms with van der Waals surface area (Å²) in [6, 6.07) is 4.01. The van der Waals surface area contributed by atoms with E-state index >= 15 is 0 Å². The molecule has 21 heavy (non-hydrogen) atoms. The molecule has 114 valence electrons. The number of aromatic nitrogens is 1. The summed E-state index contributed by atoms with van der Waals surface area (Å²) in [6.07, 6.45) is 7.68. The Bertz CT molecular complexity index is 480. The van der Waals surface area contributed by atoms with Crippen LogP contribution in [0.3, 0.4) is 0 Å². The lowest BCUT2D eigenvalue weighted by molar-refractivity contribution is 0.0790. The number of nitrogens with zero attached hydrogens (tertiary/aromatic N) is 3. The van der Waals surface area contributed by atoms with Crippen molar-refractivity contribution in [3.63, 3.8) is 0 Å². The molecular formula is C16H24N4O. The van der Waals surface area contributed by atoms with Gasteiger partial charge in [0.25, 0.3) is 5.91 Å². The summed E-state index contributed by atoms with van der Waals surface area (Å²) >= 11 is 0. The van der Waals surface area contributed by atoms with Crippen LogP contribution < -0.4 is 10.6 Å². The molecule has 0 bridgehead atoms. The summed E-state index contributed by atoms with van der Waals surface area (Å²) < 4.78 is 0. The largest absolute Gasteiger partial charge is 0.357 e. The molecule has 0 spiro atoms.